The van der Waals surface area contributed by atoms with Crippen LogP contribution in [0.25, 0.3) is 0 Å². The number of nitrogens with zero attached hydrogens (tertiary/aromatic N) is 1. The van der Waals surface area contributed by atoms with Gasteiger partial charge in [0, 0.05) is 19.6 Å². The topological polar surface area (TPSA) is 32.3 Å². The third-order valence-corrected chi connectivity index (χ3v) is 3.88. The third-order valence-electron chi connectivity index (χ3n) is 3.88. The first kappa shape index (κ1) is 10.9. The second kappa shape index (κ2) is 4.12. The molecule has 1 amide bonds. The van der Waals surface area contributed by atoms with E-state index in [1.54, 1.807) is 0 Å². The summed E-state index contributed by atoms with van der Waals surface area (Å²) < 4.78 is 0. The lowest BCUT2D eigenvalue weighted by atomic mass is 9.70. The number of rotatable bonds is 5. The maximum atomic E-state index is 11.7. The Balaban J connectivity index is 1.62. The summed E-state index contributed by atoms with van der Waals surface area (Å²) in [6.07, 6.45) is 6.37. The lowest BCUT2D eigenvalue weighted by Crippen LogP contribution is -2.42. The molecule has 2 aliphatic rings. The van der Waals surface area contributed by atoms with E-state index in [9.17, 15) is 4.79 Å². The van der Waals surface area contributed by atoms with Crippen molar-refractivity contribution in [1.82, 2.24) is 10.2 Å². The fourth-order valence-electron chi connectivity index (χ4n) is 2.22. The van der Waals surface area contributed by atoms with Gasteiger partial charge in [-0.2, -0.15) is 0 Å². The van der Waals surface area contributed by atoms with E-state index in [2.05, 4.69) is 12.2 Å². The summed E-state index contributed by atoms with van der Waals surface area (Å²) in [4.78, 5) is 13.6. The van der Waals surface area contributed by atoms with Gasteiger partial charge in [-0.15, -0.1) is 0 Å². The molecular formula is C12H22N2O. The van der Waals surface area contributed by atoms with Gasteiger partial charge in [-0.3, -0.25) is 4.79 Å². The van der Waals surface area contributed by atoms with Crippen LogP contribution in [-0.2, 0) is 4.79 Å². The van der Waals surface area contributed by atoms with Crippen LogP contribution in [0.3, 0.4) is 0 Å². The highest BCUT2D eigenvalue weighted by molar-refractivity contribution is 5.78. The summed E-state index contributed by atoms with van der Waals surface area (Å²) in [5, 5.41) is 3.30. The number of nitrogens with one attached hydrogen (secondary N) is 1. The Kier molecular flexibility index (Phi) is 3.01. The molecule has 3 nitrogen and oxygen atoms in total. The molecule has 2 saturated carbocycles. The number of hydrogen-bond donors (Lipinski definition) is 1. The van der Waals surface area contributed by atoms with E-state index in [-0.39, 0.29) is 5.91 Å². The van der Waals surface area contributed by atoms with Gasteiger partial charge in [0.25, 0.3) is 0 Å². The van der Waals surface area contributed by atoms with E-state index in [1.165, 1.54) is 32.1 Å². The summed E-state index contributed by atoms with van der Waals surface area (Å²) >= 11 is 0. The van der Waals surface area contributed by atoms with Gasteiger partial charge < -0.3 is 10.2 Å². The molecule has 3 heteroatoms. The fourth-order valence-corrected chi connectivity index (χ4v) is 2.22. The predicted octanol–water partition coefficient (Wildman–Crippen LogP) is 1.39. The van der Waals surface area contributed by atoms with Crippen LogP contribution < -0.4 is 5.32 Å². The van der Waals surface area contributed by atoms with Gasteiger partial charge in [0.15, 0.2) is 0 Å². The zero-order chi connectivity index (χ0) is 10.9. The van der Waals surface area contributed by atoms with E-state index in [4.69, 9.17) is 0 Å². The summed E-state index contributed by atoms with van der Waals surface area (Å²) in [5.41, 5.74) is 0.471. The quantitative estimate of drug-likeness (QED) is 0.743. The first-order valence-electron chi connectivity index (χ1n) is 6.07. The molecule has 2 aliphatic carbocycles. The van der Waals surface area contributed by atoms with Gasteiger partial charge in [0.1, 0.15) is 0 Å². The van der Waals surface area contributed by atoms with Crippen molar-refractivity contribution in [1.29, 1.82) is 0 Å². The molecule has 2 fully saturated rings. The third kappa shape index (κ3) is 2.71. The molecule has 0 heterocycles. The van der Waals surface area contributed by atoms with Gasteiger partial charge in [-0.25, -0.2) is 0 Å². The first-order valence-corrected chi connectivity index (χ1v) is 6.07. The van der Waals surface area contributed by atoms with Crippen LogP contribution >= 0.6 is 0 Å². The molecule has 0 aromatic heterocycles. The highest BCUT2D eigenvalue weighted by Gasteiger charge is 2.32. The number of likely N-dealkylation sites (N-methyl/N-ethyl adjacent to an activating group) is 1. The van der Waals surface area contributed by atoms with E-state index in [0.29, 0.717) is 18.0 Å². The molecule has 86 valence electrons. The Hall–Kier alpha value is -0.570. The standard InChI is InChI=1S/C12H22N2O/c1-12(6-3-7-12)9-13-8-11(15)14(2)10-4-5-10/h10,13H,3-9H2,1-2H3. The highest BCUT2D eigenvalue weighted by Crippen LogP contribution is 2.39. The Morgan fingerprint density at radius 1 is 1.47 bits per heavy atom. The van der Waals surface area contributed by atoms with Crippen molar-refractivity contribution in [2.45, 2.75) is 45.1 Å². The van der Waals surface area contributed by atoms with Crippen molar-refractivity contribution in [2.75, 3.05) is 20.1 Å². The highest BCUT2D eigenvalue weighted by atomic mass is 16.2. The number of amides is 1. The normalized spacial score (nSPS) is 23.3. The van der Waals surface area contributed by atoms with Crippen LogP contribution in [0.4, 0.5) is 0 Å². The summed E-state index contributed by atoms with van der Waals surface area (Å²) in [5.74, 6) is 0.250. The van der Waals surface area contributed by atoms with E-state index < -0.39 is 0 Å². The Morgan fingerprint density at radius 3 is 2.60 bits per heavy atom. The summed E-state index contributed by atoms with van der Waals surface area (Å²) in [7, 11) is 1.92. The number of carbonyl (C=O) groups is 1. The van der Waals surface area contributed by atoms with Crippen molar-refractivity contribution in [3.05, 3.63) is 0 Å². The molecule has 15 heavy (non-hydrogen) atoms. The Labute approximate surface area is 92.2 Å². The summed E-state index contributed by atoms with van der Waals surface area (Å²) in [6.45, 7) is 3.82. The maximum Gasteiger partial charge on any atom is 0.236 e. The molecule has 2 rings (SSSR count). The maximum absolute atomic E-state index is 11.7. The predicted molar refractivity (Wildman–Crippen MR) is 60.6 cm³/mol. The van der Waals surface area contributed by atoms with E-state index in [1.807, 2.05) is 11.9 Å². The first-order chi connectivity index (χ1) is 7.11. The van der Waals surface area contributed by atoms with Gasteiger partial charge in [0.2, 0.25) is 5.91 Å². The molecule has 1 N–H and O–H groups in total. The van der Waals surface area contributed by atoms with Gasteiger partial charge >= 0.3 is 0 Å². The molecule has 0 aromatic rings. The lowest BCUT2D eigenvalue weighted by Gasteiger charge is -2.38. The van der Waals surface area contributed by atoms with Gasteiger partial charge in [-0.05, 0) is 31.1 Å². The second-order valence-electron chi connectivity index (χ2n) is 5.50. The zero-order valence-electron chi connectivity index (χ0n) is 9.88. The van der Waals surface area contributed by atoms with E-state index in [0.717, 1.165) is 6.54 Å². The van der Waals surface area contributed by atoms with Crippen LogP contribution in [0.5, 0.6) is 0 Å². The molecule has 0 aliphatic heterocycles. The van der Waals surface area contributed by atoms with E-state index >= 15 is 0 Å². The van der Waals surface area contributed by atoms with Crippen molar-refractivity contribution < 1.29 is 4.79 Å². The molecule has 0 bridgehead atoms. The van der Waals surface area contributed by atoms with Crippen LogP contribution in [0.1, 0.15) is 39.0 Å². The minimum atomic E-state index is 0.250. The molecule has 0 spiro atoms. The second-order valence-corrected chi connectivity index (χ2v) is 5.50. The van der Waals surface area contributed by atoms with Crippen molar-refractivity contribution >= 4 is 5.91 Å². The minimum Gasteiger partial charge on any atom is -0.342 e. The molecular weight excluding hydrogens is 188 g/mol. The van der Waals surface area contributed by atoms with Gasteiger partial charge in [0.05, 0.1) is 6.54 Å². The van der Waals surface area contributed by atoms with Gasteiger partial charge in [-0.1, -0.05) is 13.3 Å². The molecule has 0 unspecified atom stereocenters. The van der Waals surface area contributed by atoms with Crippen LogP contribution in [0.2, 0.25) is 0 Å². The minimum absolute atomic E-state index is 0.250. The molecule has 0 aromatic carbocycles. The molecule has 0 atom stereocenters. The number of carbonyl (C=O) groups excluding carboxylic acids is 1. The Bertz CT molecular complexity index is 244. The Morgan fingerprint density at radius 2 is 2.13 bits per heavy atom. The average Bonchev–Trinajstić information content (AvgIpc) is 2.97. The zero-order valence-corrected chi connectivity index (χ0v) is 9.88. The smallest absolute Gasteiger partial charge is 0.236 e. The van der Waals surface area contributed by atoms with Crippen LogP contribution in [-0.4, -0.2) is 37.0 Å². The van der Waals surface area contributed by atoms with Crippen molar-refractivity contribution in [2.24, 2.45) is 5.41 Å². The van der Waals surface area contributed by atoms with Crippen LogP contribution in [0, 0.1) is 5.41 Å². The molecule has 0 saturated heterocycles. The van der Waals surface area contributed by atoms with Crippen LogP contribution in [0.15, 0.2) is 0 Å². The van der Waals surface area contributed by atoms with Crippen molar-refractivity contribution in [3.8, 4) is 0 Å². The van der Waals surface area contributed by atoms with Crippen molar-refractivity contribution in [3.63, 3.8) is 0 Å². The lowest BCUT2D eigenvalue weighted by molar-refractivity contribution is -0.129. The monoisotopic (exact) mass is 210 g/mol. The number of hydrogen-bond acceptors (Lipinski definition) is 2. The average molecular weight is 210 g/mol. The fraction of sp³-hybridized carbons (Fsp3) is 0.917. The largest absolute Gasteiger partial charge is 0.342 e. The SMILES string of the molecule is CN(C(=O)CNCC1(C)CCC1)C1CC1. The molecule has 0 radical (unpaired) electrons. The summed E-state index contributed by atoms with van der Waals surface area (Å²) in [6, 6.07) is 0.540.